The van der Waals surface area contributed by atoms with E-state index in [2.05, 4.69) is 20.4 Å². The van der Waals surface area contributed by atoms with Crippen LogP contribution in [0.5, 0.6) is 5.75 Å². The molecule has 1 aromatic carbocycles. The summed E-state index contributed by atoms with van der Waals surface area (Å²) >= 11 is 0. The second-order valence-corrected chi connectivity index (χ2v) is 14.0. The van der Waals surface area contributed by atoms with Crippen molar-refractivity contribution < 1.29 is 19.1 Å². The lowest BCUT2D eigenvalue weighted by Crippen LogP contribution is -2.60. The van der Waals surface area contributed by atoms with Gasteiger partial charge in [0.05, 0.1) is 6.54 Å². The van der Waals surface area contributed by atoms with Gasteiger partial charge < -0.3 is 19.9 Å². The van der Waals surface area contributed by atoms with Gasteiger partial charge >= 0.3 is 0 Å². The second-order valence-electron chi connectivity index (χ2n) is 14.0. The van der Waals surface area contributed by atoms with Crippen LogP contribution in [0.1, 0.15) is 67.3 Å². The number of piperidine rings is 1. The Kier molecular flexibility index (Phi) is 6.24. The molecule has 0 aromatic heterocycles. The fourth-order valence-corrected chi connectivity index (χ4v) is 10.2. The molecule has 3 atom stereocenters. The van der Waals surface area contributed by atoms with Gasteiger partial charge in [-0.05, 0) is 93.3 Å². The van der Waals surface area contributed by atoms with Crippen LogP contribution in [-0.4, -0.2) is 96.4 Å². The lowest BCUT2D eigenvalue weighted by Gasteiger charge is -2.66. The number of carbonyl (C=O) groups is 3. The molecule has 3 aliphatic heterocycles. The van der Waals surface area contributed by atoms with Crippen molar-refractivity contribution >= 4 is 17.7 Å². The minimum absolute atomic E-state index is 0.161. The SMILES string of the molecule is O=C1CCC(N2Cc3c(OCCN4CCCN(CCNC56CC7CC8CC(C5)C87C6)CC4)cccc3C2=O)C(=O)N1. The minimum Gasteiger partial charge on any atom is -0.492 e. The van der Waals surface area contributed by atoms with E-state index in [4.69, 9.17) is 4.74 Å². The number of ether oxygens (including phenoxy) is 1. The maximum atomic E-state index is 13.1. The first-order valence-corrected chi connectivity index (χ1v) is 16.0. The molecule has 6 fully saturated rings. The van der Waals surface area contributed by atoms with E-state index >= 15 is 0 Å². The monoisotopic (exact) mass is 561 g/mol. The van der Waals surface area contributed by atoms with Crippen molar-refractivity contribution in [3.8, 4) is 5.75 Å². The van der Waals surface area contributed by atoms with Crippen LogP contribution < -0.4 is 15.4 Å². The number of amides is 3. The van der Waals surface area contributed by atoms with Crippen molar-refractivity contribution in [3.63, 3.8) is 0 Å². The minimum atomic E-state index is -0.607. The fraction of sp³-hybridized carbons (Fsp3) is 0.719. The summed E-state index contributed by atoms with van der Waals surface area (Å²) in [5, 5.41) is 6.45. The third kappa shape index (κ3) is 4.17. The molecule has 3 heterocycles. The van der Waals surface area contributed by atoms with Crippen molar-refractivity contribution in [2.75, 3.05) is 52.4 Å². The first kappa shape index (κ1) is 26.2. The molecular weight excluding hydrogens is 518 g/mol. The third-order valence-corrected chi connectivity index (χ3v) is 12.2. The van der Waals surface area contributed by atoms with E-state index in [0.29, 0.717) is 30.7 Å². The lowest BCUT2D eigenvalue weighted by atomic mass is 9.38. The fourth-order valence-electron chi connectivity index (χ4n) is 10.2. The van der Waals surface area contributed by atoms with E-state index in [-0.39, 0.29) is 24.1 Å². The molecule has 220 valence electrons. The van der Waals surface area contributed by atoms with Gasteiger partial charge in [-0.3, -0.25) is 24.6 Å². The molecule has 4 aliphatic carbocycles. The zero-order chi connectivity index (χ0) is 27.8. The molecule has 41 heavy (non-hydrogen) atoms. The molecular formula is C32H43N5O4. The van der Waals surface area contributed by atoms with Crippen molar-refractivity contribution in [1.29, 1.82) is 0 Å². The van der Waals surface area contributed by atoms with Crippen LogP contribution in [0.2, 0.25) is 0 Å². The topological polar surface area (TPSA) is 94.2 Å². The number of rotatable bonds is 9. The summed E-state index contributed by atoms with van der Waals surface area (Å²) in [5.41, 5.74) is 2.70. The number of nitrogens with one attached hydrogen (secondary N) is 2. The van der Waals surface area contributed by atoms with Crippen molar-refractivity contribution in [3.05, 3.63) is 29.3 Å². The van der Waals surface area contributed by atoms with Crippen LogP contribution in [-0.2, 0) is 16.1 Å². The Balaban J connectivity index is 0.797. The van der Waals surface area contributed by atoms with Gasteiger partial charge in [0.15, 0.2) is 0 Å². The Hall–Kier alpha value is -2.49. The predicted molar refractivity (Wildman–Crippen MR) is 152 cm³/mol. The highest BCUT2D eigenvalue weighted by Crippen LogP contribution is 2.82. The number of hydrogen-bond donors (Lipinski definition) is 2. The Labute approximate surface area is 242 Å². The van der Waals surface area contributed by atoms with Crippen LogP contribution in [0.15, 0.2) is 18.2 Å². The largest absolute Gasteiger partial charge is 0.492 e. The molecule has 0 radical (unpaired) electrons. The van der Waals surface area contributed by atoms with Crippen LogP contribution >= 0.6 is 0 Å². The van der Waals surface area contributed by atoms with Gasteiger partial charge in [0, 0.05) is 55.8 Å². The number of carbonyl (C=O) groups excluding carboxylic acids is 3. The summed E-state index contributed by atoms with van der Waals surface area (Å²) in [6.45, 7) is 8.43. The van der Waals surface area contributed by atoms with Crippen molar-refractivity contribution in [2.24, 2.45) is 23.2 Å². The molecule has 9 heteroatoms. The molecule has 9 nitrogen and oxygen atoms in total. The van der Waals surface area contributed by atoms with E-state index in [1.807, 2.05) is 12.1 Å². The maximum absolute atomic E-state index is 13.1. The van der Waals surface area contributed by atoms with Gasteiger partial charge in [0.2, 0.25) is 11.8 Å². The lowest BCUT2D eigenvalue weighted by molar-refractivity contribution is -0.175. The average Bonchev–Trinajstić information content (AvgIpc) is 3.47. The van der Waals surface area contributed by atoms with Crippen LogP contribution in [0, 0.1) is 23.2 Å². The van der Waals surface area contributed by atoms with E-state index in [1.54, 1.807) is 11.0 Å². The molecule has 3 amide bonds. The molecule has 2 N–H and O–H groups in total. The highest BCUT2D eigenvalue weighted by molar-refractivity contribution is 6.05. The van der Waals surface area contributed by atoms with Gasteiger partial charge in [-0.15, -0.1) is 0 Å². The molecule has 4 saturated carbocycles. The second kappa shape index (κ2) is 9.78. The predicted octanol–water partition coefficient (Wildman–Crippen LogP) is 2.00. The van der Waals surface area contributed by atoms with Gasteiger partial charge in [-0.2, -0.15) is 0 Å². The first-order chi connectivity index (χ1) is 19.9. The first-order valence-electron chi connectivity index (χ1n) is 16.0. The number of nitrogens with zero attached hydrogens (tertiary/aromatic N) is 3. The molecule has 3 unspecified atom stereocenters. The summed E-state index contributed by atoms with van der Waals surface area (Å²) in [5.74, 6) is 3.08. The molecule has 1 aromatic rings. The van der Waals surface area contributed by atoms with E-state index in [1.165, 1.54) is 38.5 Å². The molecule has 8 rings (SSSR count). The highest BCUT2D eigenvalue weighted by Gasteiger charge is 2.77. The van der Waals surface area contributed by atoms with Crippen molar-refractivity contribution in [1.82, 2.24) is 25.3 Å². The molecule has 2 bridgehead atoms. The van der Waals surface area contributed by atoms with Crippen LogP contribution in [0.25, 0.3) is 0 Å². The highest BCUT2D eigenvalue weighted by atomic mass is 16.5. The van der Waals surface area contributed by atoms with E-state index < -0.39 is 6.04 Å². The van der Waals surface area contributed by atoms with Gasteiger partial charge in [0.1, 0.15) is 18.4 Å². The zero-order valence-corrected chi connectivity index (χ0v) is 24.0. The standard InChI is InChI=1S/C32H43N5O4/c38-28-6-5-26(29(39)34-28)37-19-25-24(30(37)40)3-1-4-27(25)41-14-13-36-9-2-8-35(11-12-36)10-7-33-31-17-22-15-21-16-23(18-31)32(21,22)20-31/h1,3-4,21-23,26,33H,2,5-20H2,(H,34,38,39). The smallest absolute Gasteiger partial charge is 0.255 e. The van der Waals surface area contributed by atoms with E-state index in [9.17, 15) is 14.4 Å². The summed E-state index contributed by atoms with van der Waals surface area (Å²) in [4.78, 5) is 43.8. The Morgan fingerprint density at radius 2 is 1.76 bits per heavy atom. The number of fused-ring (bicyclic) bond motifs is 2. The number of hydrogen-bond acceptors (Lipinski definition) is 7. The van der Waals surface area contributed by atoms with Gasteiger partial charge in [-0.1, -0.05) is 6.07 Å². The van der Waals surface area contributed by atoms with Crippen LogP contribution in [0.3, 0.4) is 0 Å². The third-order valence-electron chi connectivity index (χ3n) is 12.2. The van der Waals surface area contributed by atoms with E-state index in [0.717, 1.165) is 80.3 Å². The molecule has 7 aliphatic rings. The average molecular weight is 562 g/mol. The summed E-state index contributed by atoms with van der Waals surface area (Å²) in [7, 11) is 0. The van der Waals surface area contributed by atoms with Crippen molar-refractivity contribution in [2.45, 2.75) is 69.5 Å². The normalized spacial score (nSPS) is 37.8. The summed E-state index contributed by atoms with van der Waals surface area (Å²) in [6, 6.07) is 4.96. The van der Waals surface area contributed by atoms with Gasteiger partial charge in [-0.25, -0.2) is 0 Å². The maximum Gasteiger partial charge on any atom is 0.255 e. The summed E-state index contributed by atoms with van der Waals surface area (Å²) < 4.78 is 6.23. The number of imide groups is 1. The molecule has 2 saturated heterocycles. The number of benzene rings is 1. The Morgan fingerprint density at radius 1 is 0.976 bits per heavy atom. The zero-order valence-electron chi connectivity index (χ0n) is 24.0. The quantitative estimate of drug-likeness (QED) is 0.446. The van der Waals surface area contributed by atoms with Gasteiger partial charge in [0.25, 0.3) is 5.91 Å². The summed E-state index contributed by atoms with van der Waals surface area (Å²) in [6.07, 6.45) is 9.22. The molecule has 1 spiro atoms. The Bertz CT molecular complexity index is 1250. The van der Waals surface area contributed by atoms with Crippen LogP contribution in [0.4, 0.5) is 0 Å². The Morgan fingerprint density at radius 3 is 2.49 bits per heavy atom.